The van der Waals surface area contributed by atoms with Gasteiger partial charge in [-0.1, -0.05) is 110 Å². The minimum Gasteiger partial charge on any atom is -0.358 e. The second-order valence-corrected chi connectivity index (χ2v) is 22.6. The van der Waals surface area contributed by atoms with E-state index >= 15 is 13.2 Å². The highest BCUT2D eigenvalue weighted by Crippen LogP contribution is 2.67. The molecule has 7 heteroatoms. The number of nitrogens with one attached hydrogen (secondary N) is 2. The summed E-state index contributed by atoms with van der Waals surface area (Å²) < 4.78 is 56.4. The van der Waals surface area contributed by atoms with Crippen molar-refractivity contribution in [3.8, 4) is 0 Å². The summed E-state index contributed by atoms with van der Waals surface area (Å²) in [6.07, 6.45) is 9.26. The molecule has 9 aromatic rings. The van der Waals surface area contributed by atoms with Crippen LogP contribution in [0.1, 0.15) is 151 Å². The number of aromatic nitrogens is 4. The van der Waals surface area contributed by atoms with Crippen molar-refractivity contribution in [3.05, 3.63) is 178 Å². The van der Waals surface area contributed by atoms with Crippen molar-refractivity contribution in [2.45, 2.75) is 132 Å². The third-order valence-corrected chi connectivity index (χ3v) is 19.2. The van der Waals surface area contributed by atoms with Gasteiger partial charge in [-0.3, -0.25) is 0 Å². The van der Waals surface area contributed by atoms with Crippen molar-refractivity contribution in [1.29, 1.82) is 0 Å². The second kappa shape index (κ2) is 15.8. The molecule has 2 N–H and O–H groups in total. The van der Waals surface area contributed by atoms with E-state index in [1.54, 1.807) is 0 Å². The SMILES string of the molecule is FC(F)(F)C1CCc2c([nH]c3ccccc23)C1C1C(n2c3c(c4ccccc42)CCCC3Cc2ccccc2)c2c([nH]c3ccccc23)C(C2CCC2)C1n1c2c(c3ccccc31)CCCC2C1CC1. The van der Waals surface area contributed by atoms with Gasteiger partial charge in [-0.05, 0) is 142 Å². The maximum atomic E-state index is 17.0. The van der Waals surface area contributed by atoms with E-state index in [9.17, 15) is 0 Å². The lowest BCUT2D eigenvalue weighted by Crippen LogP contribution is -2.49. The Hall–Kier alpha value is -5.95. The number of hydrogen-bond donors (Lipinski definition) is 2. The zero-order valence-electron chi connectivity index (χ0n) is 39.8. The second-order valence-electron chi connectivity index (χ2n) is 22.6. The summed E-state index contributed by atoms with van der Waals surface area (Å²) >= 11 is 0. The topological polar surface area (TPSA) is 41.4 Å². The summed E-state index contributed by atoms with van der Waals surface area (Å²) in [5.41, 5.74) is 15.9. The number of fused-ring (bicyclic) bond motifs is 12. The molecule has 5 aromatic carbocycles. The summed E-state index contributed by atoms with van der Waals surface area (Å²) in [5, 5.41) is 4.85. The molecule has 15 rings (SSSR count). The van der Waals surface area contributed by atoms with Crippen molar-refractivity contribution in [2.75, 3.05) is 0 Å². The van der Waals surface area contributed by atoms with Crippen molar-refractivity contribution in [3.63, 3.8) is 0 Å². The lowest BCUT2D eigenvalue weighted by molar-refractivity contribution is -0.191. The predicted octanol–water partition coefficient (Wildman–Crippen LogP) is 16.3. The fourth-order valence-electron chi connectivity index (χ4n) is 16.2. The highest BCUT2D eigenvalue weighted by molar-refractivity contribution is 5.91. The van der Waals surface area contributed by atoms with Crippen molar-refractivity contribution in [2.24, 2.45) is 23.7 Å². The van der Waals surface area contributed by atoms with Crippen LogP contribution in [0.2, 0.25) is 0 Å². The van der Waals surface area contributed by atoms with E-state index in [1.165, 1.54) is 85.8 Å². The smallest absolute Gasteiger partial charge is 0.358 e. The Bertz CT molecular complexity index is 3480. The van der Waals surface area contributed by atoms with E-state index in [2.05, 4.69) is 140 Å². The lowest BCUT2D eigenvalue weighted by atomic mass is 9.56. The normalized spacial score (nSPS) is 26.8. The fourth-order valence-corrected chi connectivity index (χ4v) is 16.2. The molecule has 4 nitrogen and oxygen atoms in total. The highest BCUT2D eigenvalue weighted by atomic mass is 19.4. The number of para-hydroxylation sites is 4. The molecule has 0 spiro atoms. The molecule has 4 aromatic heterocycles. The van der Waals surface area contributed by atoms with E-state index in [-0.39, 0.29) is 24.3 Å². The van der Waals surface area contributed by atoms with Crippen LogP contribution in [0.4, 0.5) is 13.2 Å². The molecule has 354 valence electrons. The number of aromatic amines is 2. The van der Waals surface area contributed by atoms with Crippen LogP contribution in [0.5, 0.6) is 0 Å². The Balaban J connectivity index is 1.12. The molecule has 6 aliphatic rings. The summed E-state index contributed by atoms with van der Waals surface area (Å²) in [6, 6.07) is 45.6. The van der Waals surface area contributed by atoms with E-state index in [4.69, 9.17) is 0 Å². The van der Waals surface area contributed by atoms with E-state index in [0.29, 0.717) is 24.2 Å². The molecule has 2 fully saturated rings. The minimum atomic E-state index is -4.41. The first-order valence-electron chi connectivity index (χ1n) is 26.9. The van der Waals surface area contributed by atoms with E-state index in [1.807, 2.05) is 6.07 Å². The van der Waals surface area contributed by atoms with Gasteiger partial charge in [-0.15, -0.1) is 0 Å². The van der Waals surface area contributed by atoms with Gasteiger partial charge in [0.05, 0.1) is 12.0 Å². The van der Waals surface area contributed by atoms with Gasteiger partial charge in [0, 0.05) is 108 Å². The Kier molecular flexibility index (Phi) is 9.42. The van der Waals surface area contributed by atoms with Crippen molar-refractivity contribution >= 4 is 43.6 Å². The first-order chi connectivity index (χ1) is 34.4. The molecule has 0 bridgehead atoms. The maximum Gasteiger partial charge on any atom is 0.392 e. The van der Waals surface area contributed by atoms with Crippen LogP contribution >= 0.6 is 0 Å². The highest BCUT2D eigenvalue weighted by Gasteiger charge is 2.60. The third-order valence-electron chi connectivity index (χ3n) is 19.2. The van der Waals surface area contributed by atoms with Gasteiger partial charge in [0.1, 0.15) is 0 Å². The molecule has 6 aliphatic carbocycles. The number of alkyl halides is 3. The molecule has 4 heterocycles. The van der Waals surface area contributed by atoms with E-state index < -0.39 is 30.0 Å². The van der Waals surface area contributed by atoms with Crippen LogP contribution in [0.15, 0.2) is 127 Å². The number of H-pyrrole nitrogens is 2. The van der Waals surface area contributed by atoms with Gasteiger partial charge in [0.2, 0.25) is 0 Å². The zero-order valence-corrected chi connectivity index (χ0v) is 39.8. The molecule has 0 radical (unpaired) electrons. The molecule has 70 heavy (non-hydrogen) atoms. The monoisotopic (exact) mass is 930 g/mol. The van der Waals surface area contributed by atoms with Crippen LogP contribution in [0, 0.1) is 23.7 Å². The molecule has 0 aliphatic heterocycles. The molecule has 2 saturated carbocycles. The summed E-state index contributed by atoms with van der Waals surface area (Å²) in [4.78, 5) is 8.08. The molecular weight excluding hydrogens is 870 g/mol. The van der Waals surface area contributed by atoms with Gasteiger partial charge < -0.3 is 19.1 Å². The molecule has 8 unspecified atom stereocenters. The molecular formula is C63H61F3N4. The molecule has 8 atom stereocenters. The number of rotatable bonds is 7. The zero-order chi connectivity index (χ0) is 46.4. The predicted molar refractivity (Wildman–Crippen MR) is 276 cm³/mol. The van der Waals surface area contributed by atoms with Crippen LogP contribution in [-0.2, 0) is 25.7 Å². The van der Waals surface area contributed by atoms with Gasteiger partial charge in [0.25, 0.3) is 0 Å². The van der Waals surface area contributed by atoms with E-state index in [0.717, 1.165) is 85.5 Å². The quantitative estimate of drug-likeness (QED) is 0.160. The maximum absolute atomic E-state index is 17.0. The largest absolute Gasteiger partial charge is 0.392 e. The van der Waals surface area contributed by atoms with Crippen LogP contribution in [-0.4, -0.2) is 25.3 Å². The van der Waals surface area contributed by atoms with Crippen LogP contribution < -0.4 is 0 Å². The van der Waals surface area contributed by atoms with Gasteiger partial charge in [-0.25, -0.2) is 0 Å². The molecule has 0 amide bonds. The first kappa shape index (κ1) is 41.8. The summed E-state index contributed by atoms with van der Waals surface area (Å²) in [6.45, 7) is 0. The number of aryl methyl sites for hydroxylation is 3. The third kappa shape index (κ3) is 6.14. The van der Waals surface area contributed by atoms with Gasteiger partial charge in [-0.2, -0.15) is 13.2 Å². The van der Waals surface area contributed by atoms with Crippen LogP contribution in [0.3, 0.4) is 0 Å². The Morgan fingerprint density at radius 3 is 1.81 bits per heavy atom. The molecule has 0 saturated heterocycles. The lowest BCUT2D eigenvalue weighted by Gasteiger charge is -2.54. The summed E-state index contributed by atoms with van der Waals surface area (Å²) in [7, 11) is 0. The van der Waals surface area contributed by atoms with Crippen molar-refractivity contribution in [1.82, 2.24) is 19.1 Å². The summed E-state index contributed by atoms with van der Waals surface area (Å²) in [5.74, 6) is -1.22. The number of nitrogens with zero attached hydrogens (tertiary/aromatic N) is 2. The Morgan fingerprint density at radius 1 is 0.500 bits per heavy atom. The van der Waals surface area contributed by atoms with Crippen LogP contribution in [0.25, 0.3) is 43.6 Å². The fraction of sp³-hybridized carbons (Fsp3) is 0.397. The van der Waals surface area contributed by atoms with Crippen molar-refractivity contribution < 1.29 is 13.2 Å². The number of benzene rings is 5. The average molecular weight is 931 g/mol. The Labute approximate surface area is 407 Å². The average Bonchev–Trinajstić information content (AvgIpc) is 3.75. The number of halogens is 3. The first-order valence-corrected chi connectivity index (χ1v) is 26.9. The van der Waals surface area contributed by atoms with Gasteiger partial charge in [0.15, 0.2) is 0 Å². The Morgan fingerprint density at radius 2 is 1.11 bits per heavy atom. The van der Waals surface area contributed by atoms with Gasteiger partial charge >= 0.3 is 6.18 Å². The number of hydrogen-bond acceptors (Lipinski definition) is 0. The standard InChI is InChI=1S/C63H61F3N4/c64-63(65,66)48-34-33-44-41-20-4-8-27-49(41)67-57(44)55(48)56-61(70-52-30-11-7-22-43(52)46-26-14-24-40(60(46)70)37-31-32-37)53(38-17-12-18-38)58-54(47-23-5-9-28-50(47)68-58)62(56)69-51-29-10-6-21-42(51)45-25-13-19-39(59(45)69)35-36-15-2-1-3-16-36/h1-11,15-16,20-23,27-30,37-40,48,53,55-56,61-62,67-68H,12-14,17-19,24-26,31-35H2. The minimum absolute atomic E-state index is 0.000456.